The first kappa shape index (κ1) is 21.3. The lowest BCUT2D eigenvalue weighted by molar-refractivity contribution is -0.132. The highest BCUT2D eigenvalue weighted by molar-refractivity contribution is 9.10. The van der Waals surface area contributed by atoms with E-state index in [1.807, 2.05) is 30.3 Å². The Bertz CT molecular complexity index is 1420. The van der Waals surface area contributed by atoms with Gasteiger partial charge in [0.1, 0.15) is 11.5 Å². The lowest BCUT2D eigenvalue weighted by Crippen LogP contribution is -2.29. The van der Waals surface area contributed by atoms with E-state index < -0.39 is 17.7 Å². The number of Topliss-reactive ketones (excluding diaryl/α,β-unsaturated/α-hetero) is 1. The van der Waals surface area contributed by atoms with E-state index >= 15 is 0 Å². The Morgan fingerprint density at radius 1 is 1.09 bits per heavy atom. The van der Waals surface area contributed by atoms with Crippen molar-refractivity contribution in [3.8, 4) is 5.75 Å². The van der Waals surface area contributed by atoms with Crippen molar-refractivity contribution in [2.75, 3.05) is 12.0 Å². The average Bonchev–Trinajstić information content (AvgIpc) is 3.37. The van der Waals surface area contributed by atoms with E-state index in [1.165, 1.54) is 28.6 Å². The van der Waals surface area contributed by atoms with Crippen LogP contribution in [0.5, 0.6) is 5.75 Å². The molecule has 1 aliphatic rings. The van der Waals surface area contributed by atoms with Gasteiger partial charge < -0.3 is 9.84 Å². The smallest absolute Gasteiger partial charge is 0.301 e. The summed E-state index contributed by atoms with van der Waals surface area (Å²) in [6.45, 7) is 0. The molecule has 0 bridgehead atoms. The molecule has 1 N–H and O–H groups in total. The summed E-state index contributed by atoms with van der Waals surface area (Å²) < 4.78 is 6.95. The monoisotopic (exact) mass is 521 g/mol. The molecule has 9 heteroatoms. The summed E-state index contributed by atoms with van der Waals surface area (Å²) >= 11 is 4.70. The number of hydrogen-bond donors (Lipinski definition) is 1. The third-order valence-electron chi connectivity index (χ3n) is 5.37. The first-order valence-corrected chi connectivity index (χ1v) is 11.5. The number of methoxy groups -OCH3 is 1. The molecule has 4 aromatic rings. The second-order valence-corrected chi connectivity index (χ2v) is 9.21. The number of hydrogen-bond acceptors (Lipinski definition) is 7. The van der Waals surface area contributed by atoms with Gasteiger partial charge in [-0.15, -0.1) is 0 Å². The number of ketones is 1. The predicted molar refractivity (Wildman–Crippen MR) is 129 cm³/mol. The number of benzene rings is 2. The number of aliphatic hydroxyl groups is 1. The number of ether oxygens (including phenoxy) is 1. The molecule has 7 nitrogen and oxygen atoms in total. The molecule has 0 spiro atoms. The number of aromatic nitrogens is 2. The first-order chi connectivity index (χ1) is 16.0. The van der Waals surface area contributed by atoms with Crippen LogP contribution in [0, 0.1) is 0 Å². The van der Waals surface area contributed by atoms with Crippen LogP contribution in [-0.4, -0.2) is 33.9 Å². The number of nitrogens with zero attached hydrogens (tertiary/aromatic N) is 3. The van der Waals surface area contributed by atoms with Crippen molar-refractivity contribution in [3.63, 3.8) is 0 Å². The minimum atomic E-state index is -0.839. The molecule has 1 unspecified atom stereocenters. The fourth-order valence-electron chi connectivity index (χ4n) is 3.78. The van der Waals surface area contributed by atoms with Gasteiger partial charge in [0.25, 0.3) is 5.78 Å². The van der Waals surface area contributed by atoms with E-state index in [0.717, 1.165) is 9.17 Å². The van der Waals surface area contributed by atoms with Gasteiger partial charge in [-0.2, -0.15) is 0 Å². The van der Waals surface area contributed by atoms with Crippen LogP contribution in [0.25, 0.3) is 16.0 Å². The Balaban J connectivity index is 1.72. The van der Waals surface area contributed by atoms with E-state index in [2.05, 4.69) is 25.9 Å². The lowest BCUT2D eigenvalue weighted by Gasteiger charge is -2.23. The number of carbonyl (C=O) groups is 2. The van der Waals surface area contributed by atoms with Gasteiger partial charge >= 0.3 is 5.91 Å². The maximum atomic E-state index is 13.3. The molecule has 3 heterocycles. The van der Waals surface area contributed by atoms with Crippen LogP contribution in [0.15, 0.2) is 77.0 Å². The standard InChI is InChI=1S/C24H16BrN3O4S/c1-32-16-6-7-17-18(12-16)33-24(27-17)28-20(13-2-4-15(25)5-3-13)19(22(30)23(28)31)21(29)14-8-10-26-11-9-14/h2-12,20,29H,1H3. The van der Waals surface area contributed by atoms with E-state index in [1.54, 1.807) is 31.4 Å². The molecule has 33 heavy (non-hydrogen) atoms. The maximum Gasteiger partial charge on any atom is 0.301 e. The fourth-order valence-corrected chi connectivity index (χ4v) is 5.06. The summed E-state index contributed by atoms with van der Waals surface area (Å²) in [5, 5.41) is 11.4. The molecule has 1 saturated heterocycles. The van der Waals surface area contributed by atoms with Crippen LogP contribution in [0.2, 0.25) is 0 Å². The Labute approximate surface area is 201 Å². The first-order valence-electron chi connectivity index (χ1n) is 9.89. The van der Waals surface area contributed by atoms with Crippen LogP contribution in [0.4, 0.5) is 5.13 Å². The molecule has 1 aliphatic heterocycles. The number of carbonyl (C=O) groups excluding carboxylic acids is 2. The van der Waals surface area contributed by atoms with Crippen molar-refractivity contribution >= 4 is 60.1 Å². The molecule has 1 amide bonds. The summed E-state index contributed by atoms with van der Waals surface area (Å²) in [7, 11) is 1.58. The summed E-state index contributed by atoms with van der Waals surface area (Å²) in [5.41, 5.74) is 1.76. The van der Waals surface area contributed by atoms with E-state index in [-0.39, 0.29) is 11.3 Å². The van der Waals surface area contributed by atoms with Gasteiger partial charge in [-0.05, 0) is 48.0 Å². The van der Waals surface area contributed by atoms with Gasteiger partial charge in [0, 0.05) is 22.4 Å². The number of halogens is 1. The molecular weight excluding hydrogens is 506 g/mol. The van der Waals surface area contributed by atoms with Gasteiger partial charge in [0.05, 0.1) is 28.9 Å². The third-order valence-corrected chi connectivity index (χ3v) is 6.92. The van der Waals surface area contributed by atoms with Crippen molar-refractivity contribution in [3.05, 3.63) is 88.2 Å². The topological polar surface area (TPSA) is 92.6 Å². The summed E-state index contributed by atoms with van der Waals surface area (Å²) in [5.74, 6) is -1.10. The molecular formula is C24H16BrN3O4S. The van der Waals surface area contributed by atoms with Crippen LogP contribution in [0.1, 0.15) is 17.2 Å². The van der Waals surface area contributed by atoms with Gasteiger partial charge in [-0.3, -0.25) is 19.5 Å². The zero-order valence-electron chi connectivity index (χ0n) is 17.2. The van der Waals surface area contributed by atoms with E-state index in [0.29, 0.717) is 27.5 Å². The van der Waals surface area contributed by atoms with Gasteiger partial charge in [0.2, 0.25) is 0 Å². The Morgan fingerprint density at radius 2 is 1.82 bits per heavy atom. The van der Waals surface area contributed by atoms with Crippen molar-refractivity contribution < 1.29 is 19.4 Å². The molecule has 2 aromatic carbocycles. The number of pyridine rings is 1. The highest BCUT2D eigenvalue weighted by atomic mass is 79.9. The summed E-state index contributed by atoms with van der Waals surface area (Å²) in [4.78, 5) is 36.4. The number of amides is 1. The van der Waals surface area contributed by atoms with Gasteiger partial charge in [-0.25, -0.2) is 4.98 Å². The second kappa shape index (κ2) is 8.42. The number of aliphatic hydroxyl groups excluding tert-OH is 1. The van der Waals surface area contributed by atoms with Crippen LogP contribution >= 0.6 is 27.3 Å². The molecule has 1 fully saturated rings. The van der Waals surface area contributed by atoms with Crippen LogP contribution < -0.4 is 9.64 Å². The number of thiazole rings is 1. The lowest BCUT2D eigenvalue weighted by atomic mass is 9.96. The largest absolute Gasteiger partial charge is 0.507 e. The summed E-state index contributed by atoms with van der Waals surface area (Å²) in [6, 6.07) is 15.0. The predicted octanol–water partition coefficient (Wildman–Crippen LogP) is 5.09. The Kier molecular flexibility index (Phi) is 5.43. The minimum absolute atomic E-state index is 0.00496. The Hall–Kier alpha value is -3.56. The Morgan fingerprint density at radius 3 is 2.52 bits per heavy atom. The number of fused-ring (bicyclic) bond motifs is 1. The molecule has 0 aliphatic carbocycles. The molecule has 0 radical (unpaired) electrons. The van der Waals surface area contributed by atoms with Crippen LogP contribution in [0.3, 0.4) is 0 Å². The number of anilines is 1. The molecule has 164 valence electrons. The SMILES string of the molecule is COc1ccc2nc(N3C(=O)C(=O)C(=C(O)c4ccncc4)C3c3ccc(Br)cc3)sc2c1. The highest BCUT2D eigenvalue weighted by Crippen LogP contribution is 2.44. The van der Waals surface area contributed by atoms with E-state index in [4.69, 9.17) is 4.74 Å². The number of rotatable bonds is 4. The fraction of sp³-hybridized carbons (Fsp3) is 0.0833. The maximum absolute atomic E-state index is 13.3. The van der Waals surface area contributed by atoms with Gasteiger partial charge in [-0.1, -0.05) is 39.4 Å². The molecule has 5 rings (SSSR count). The van der Waals surface area contributed by atoms with Gasteiger partial charge in [0.15, 0.2) is 5.13 Å². The average molecular weight is 522 g/mol. The minimum Gasteiger partial charge on any atom is -0.507 e. The van der Waals surface area contributed by atoms with Crippen molar-refractivity contribution in [1.82, 2.24) is 9.97 Å². The second-order valence-electron chi connectivity index (χ2n) is 7.29. The zero-order valence-corrected chi connectivity index (χ0v) is 19.6. The third kappa shape index (κ3) is 3.69. The van der Waals surface area contributed by atoms with Crippen molar-refractivity contribution in [1.29, 1.82) is 0 Å². The van der Waals surface area contributed by atoms with Crippen molar-refractivity contribution in [2.24, 2.45) is 0 Å². The molecule has 0 saturated carbocycles. The zero-order chi connectivity index (χ0) is 23.1. The quantitative estimate of drug-likeness (QED) is 0.228. The van der Waals surface area contributed by atoms with Crippen molar-refractivity contribution in [2.45, 2.75) is 6.04 Å². The van der Waals surface area contributed by atoms with E-state index in [9.17, 15) is 14.7 Å². The molecule has 2 aromatic heterocycles. The normalized spacial score (nSPS) is 17.6. The molecule has 1 atom stereocenters. The summed E-state index contributed by atoms with van der Waals surface area (Å²) in [6.07, 6.45) is 3.03. The highest BCUT2D eigenvalue weighted by Gasteiger charge is 2.48. The van der Waals surface area contributed by atoms with Crippen LogP contribution in [-0.2, 0) is 9.59 Å².